The first-order valence-corrected chi connectivity index (χ1v) is 11.6. The minimum atomic E-state index is -0.113. The molecule has 1 aromatic heterocycles. The highest BCUT2D eigenvalue weighted by atomic mass is 16.5. The summed E-state index contributed by atoms with van der Waals surface area (Å²) in [6.45, 7) is 6.55. The number of ether oxygens (including phenoxy) is 1. The highest BCUT2D eigenvalue weighted by Crippen LogP contribution is 2.28. The van der Waals surface area contributed by atoms with E-state index in [2.05, 4.69) is 53.8 Å². The van der Waals surface area contributed by atoms with Crippen LogP contribution in [-0.2, 0) is 11.4 Å². The van der Waals surface area contributed by atoms with E-state index in [-0.39, 0.29) is 5.91 Å². The van der Waals surface area contributed by atoms with Gasteiger partial charge in [-0.25, -0.2) is 0 Å². The number of amides is 1. The quantitative estimate of drug-likeness (QED) is 0.309. The van der Waals surface area contributed by atoms with Gasteiger partial charge in [0.05, 0.1) is 17.0 Å². The van der Waals surface area contributed by atoms with Crippen LogP contribution in [0.5, 0.6) is 5.75 Å². The first-order chi connectivity index (χ1) is 17.0. The van der Waals surface area contributed by atoms with E-state index in [0.29, 0.717) is 17.9 Å². The molecule has 174 valence electrons. The predicted octanol–water partition coefficient (Wildman–Crippen LogP) is 6.48. The average Bonchev–Trinajstić information content (AvgIpc) is 3.33. The van der Waals surface area contributed by atoms with Gasteiger partial charge < -0.3 is 9.30 Å². The molecule has 0 bridgehead atoms. The fourth-order valence-corrected chi connectivity index (χ4v) is 4.35. The third-order valence-electron chi connectivity index (χ3n) is 6.18. The molecule has 0 saturated carbocycles. The number of hydrogen-bond donors (Lipinski definition) is 0. The summed E-state index contributed by atoms with van der Waals surface area (Å²) < 4.78 is 8.12. The number of para-hydroxylation sites is 1. The van der Waals surface area contributed by atoms with Gasteiger partial charge >= 0.3 is 0 Å². The predicted molar refractivity (Wildman–Crippen MR) is 141 cm³/mol. The van der Waals surface area contributed by atoms with Crippen LogP contribution in [-0.4, -0.2) is 16.2 Å². The van der Waals surface area contributed by atoms with E-state index in [1.807, 2.05) is 73.7 Å². The Morgan fingerprint density at radius 2 is 1.49 bits per heavy atom. The third kappa shape index (κ3) is 4.53. The Labute approximate surface area is 205 Å². The van der Waals surface area contributed by atoms with Gasteiger partial charge in [0.15, 0.2) is 0 Å². The van der Waals surface area contributed by atoms with Crippen molar-refractivity contribution in [1.29, 1.82) is 0 Å². The monoisotopic (exact) mass is 461 g/mol. The van der Waals surface area contributed by atoms with Crippen molar-refractivity contribution in [3.8, 4) is 11.4 Å². The summed E-state index contributed by atoms with van der Waals surface area (Å²) in [6.07, 6.45) is 1.94. The van der Waals surface area contributed by atoms with E-state index in [4.69, 9.17) is 4.74 Å². The molecule has 5 heteroatoms. The summed E-state index contributed by atoms with van der Waals surface area (Å²) in [5.74, 6) is 0.713. The second-order valence-electron chi connectivity index (χ2n) is 8.63. The maximum absolute atomic E-state index is 13.1. The van der Waals surface area contributed by atoms with E-state index >= 15 is 0 Å². The Balaban J connectivity index is 1.37. The zero-order chi connectivity index (χ0) is 24.4. The SMILES string of the molecule is CC1=NN(c2ccccc2)C(=O)/C1=C/c1cc(C)n(-c2ccc(OCc3ccccc3)cc2)c1C. The highest BCUT2D eigenvalue weighted by molar-refractivity contribution is 6.32. The molecule has 1 aliphatic rings. The molecule has 0 radical (unpaired) electrons. The lowest BCUT2D eigenvalue weighted by atomic mass is 10.1. The first kappa shape index (κ1) is 22.4. The molecule has 3 aromatic carbocycles. The molecule has 0 N–H and O–H groups in total. The number of hydrazone groups is 1. The maximum Gasteiger partial charge on any atom is 0.280 e. The van der Waals surface area contributed by atoms with Crippen molar-refractivity contribution >= 4 is 23.4 Å². The summed E-state index contributed by atoms with van der Waals surface area (Å²) in [5, 5.41) is 5.96. The molecule has 35 heavy (non-hydrogen) atoms. The molecule has 4 aromatic rings. The van der Waals surface area contributed by atoms with Crippen molar-refractivity contribution < 1.29 is 9.53 Å². The fraction of sp³-hybridized carbons (Fsp3) is 0.133. The van der Waals surface area contributed by atoms with Crippen LogP contribution in [0, 0.1) is 13.8 Å². The largest absolute Gasteiger partial charge is 0.489 e. The zero-order valence-corrected chi connectivity index (χ0v) is 20.1. The van der Waals surface area contributed by atoms with Gasteiger partial charge in [-0.15, -0.1) is 0 Å². The van der Waals surface area contributed by atoms with E-state index in [0.717, 1.165) is 39.6 Å². The van der Waals surface area contributed by atoms with Crippen molar-refractivity contribution in [3.05, 3.63) is 119 Å². The average molecular weight is 462 g/mol. The first-order valence-electron chi connectivity index (χ1n) is 11.6. The van der Waals surface area contributed by atoms with Gasteiger partial charge in [-0.05, 0) is 80.4 Å². The molecular formula is C30H27N3O2. The number of carbonyl (C=O) groups is 1. The Morgan fingerprint density at radius 1 is 0.829 bits per heavy atom. The number of rotatable bonds is 6. The van der Waals surface area contributed by atoms with Crippen LogP contribution in [0.25, 0.3) is 11.8 Å². The molecule has 5 rings (SSSR count). The number of hydrogen-bond acceptors (Lipinski definition) is 3. The van der Waals surface area contributed by atoms with E-state index in [9.17, 15) is 4.79 Å². The summed E-state index contributed by atoms with van der Waals surface area (Å²) >= 11 is 0. The van der Waals surface area contributed by atoms with Crippen LogP contribution in [0.2, 0.25) is 0 Å². The molecule has 5 nitrogen and oxygen atoms in total. The van der Waals surface area contributed by atoms with Crippen LogP contribution in [0.4, 0.5) is 5.69 Å². The minimum absolute atomic E-state index is 0.113. The molecule has 0 fully saturated rings. The summed E-state index contributed by atoms with van der Waals surface area (Å²) in [5.41, 5.74) is 7.42. The Bertz CT molecular complexity index is 1420. The number of aryl methyl sites for hydroxylation is 1. The number of benzene rings is 3. The maximum atomic E-state index is 13.1. The number of nitrogens with zero attached hydrogens (tertiary/aromatic N) is 3. The van der Waals surface area contributed by atoms with Crippen molar-refractivity contribution in [2.45, 2.75) is 27.4 Å². The van der Waals surface area contributed by atoms with Gasteiger partial charge in [-0.3, -0.25) is 4.79 Å². The van der Waals surface area contributed by atoms with E-state index in [1.54, 1.807) is 0 Å². The van der Waals surface area contributed by atoms with Gasteiger partial charge in [0, 0.05) is 17.1 Å². The van der Waals surface area contributed by atoms with Gasteiger partial charge in [0.1, 0.15) is 12.4 Å². The molecule has 0 atom stereocenters. The van der Waals surface area contributed by atoms with E-state index in [1.165, 1.54) is 5.01 Å². The molecule has 0 unspecified atom stereocenters. The molecule has 0 saturated heterocycles. The molecule has 0 spiro atoms. The van der Waals surface area contributed by atoms with Crippen LogP contribution in [0.15, 0.2) is 102 Å². The van der Waals surface area contributed by atoms with Crippen LogP contribution >= 0.6 is 0 Å². The minimum Gasteiger partial charge on any atom is -0.489 e. The van der Waals surface area contributed by atoms with Crippen molar-refractivity contribution in [2.24, 2.45) is 5.10 Å². The van der Waals surface area contributed by atoms with Gasteiger partial charge in [0.2, 0.25) is 0 Å². The second kappa shape index (κ2) is 9.47. The molecule has 1 aliphatic heterocycles. The second-order valence-corrected chi connectivity index (χ2v) is 8.63. The third-order valence-corrected chi connectivity index (χ3v) is 6.18. The smallest absolute Gasteiger partial charge is 0.280 e. The van der Waals surface area contributed by atoms with Gasteiger partial charge in [-0.1, -0.05) is 48.5 Å². The summed E-state index contributed by atoms with van der Waals surface area (Å²) in [7, 11) is 0. The fourth-order valence-electron chi connectivity index (χ4n) is 4.35. The molecule has 1 amide bonds. The van der Waals surface area contributed by atoms with Crippen LogP contribution in [0.1, 0.15) is 29.4 Å². The Kier molecular flexibility index (Phi) is 6.06. The molecule has 0 aliphatic carbocycles. The number of aromatic nitrogens is 1. The lowest BCUT2D eigenvalue weighted by Gasteiger charge is -2.12. The van der Waals surface area contributed by atoms with Crippen LogP contribution < -0.4 is 9.75 Å². The molecular weight excluding hydrogens is 434 g/mol. The lowest BCUT2D eigenvalue weighted by Crippen LogP contribution is -2.21. The standard InChI is InChI=1S/C30H27N3O2/c1-21-18-25(19-29-22(2)31-33(30(29)34)27-12-8-5-9-13-27)23(3)32(21)26-14-16-28(17-15-26)35-20-24-10-6-4-7-11-24/h4-19H,20H2,1-3H3/b29-19+. The van der Waals surface area contributed by atoms with Gasteiger partial charge in [0.25, 0.3) is 5.91 Å². The highest BCUT2D eigenvalue weighted by Gasteiger charge is 2.29. The topological polar surface area (TPSA) is 46.8 Å². The lowest BCUT2D eigenvalue weighted by molar-refractivity contribution is -0.114. The number of carbonyl (C=O) groups excluding carboxylic acids is 1. The normalized spacial score (nSPS) is 14.5. The zero-order valence-electron chi connectivity index (χ0n) is 20.1. The Morgan fingerprint density at radius 3 is 2.17 bits per heavy atom. The van der Waals surface area contributed by atoms with Crippen molar-refractivity contribution in [1.82, 2.24) is 4.57 Å². The van der Waals surface area contributed by atoms with E-state index < -0.39 is 0 Å². The van der Waals surface area contributed by atoms with Gasteiger partial charge in [-0.2, -0.15) is 10.1 Å². The molecule has 2 heterocycles. The summed E-state index contributed by atoms with van der Waals surface area (Å²) in [6, 6.07) is 29.8. The Hall–Kier alpha value is -4.38. The van der Waals surface area contributed by atoms with Crippen molar-refractivity contribution in [2.75, 3.05) is 5.01 Å². The summed E-state index contributed by atoms with van der Waals surface area (Å²) in [4.78, 5) is 13.1. The van der Waals surface area contributed by atoms with Crippen LogP contribution in [0.3, 0.4) is 0 Å². The number of anilines is 1. The van der Waals surface area contributed by atoms with Crippen molar-refractivity contribution in [3.63, 3.8) is 0 Å².